The number of anilines is 1. The molecule has 1 N–H and O–H groups in total. The number of nitrogens with zero attached hydrogens (tertiary/aromatic N) is 3. The summed E-state index contributed by atoms with van der Waals surface area (Å²) in [5.41, 5.74) is 1.99. The number of fused-ring (bicyclic) bond motifs is 1. The minimum Gasteiger partial charge on any atom is -0.376 e. The van der Waals surface area contributed by atoms with Crippen LogP contribution in [0.25, 0.3) is 5.65 Å². The molecule has 1 aliphatic rings. The zero-order valence-corrected chi connectivity index (χ0v) is 11.0. The van der Waals surface area contributed by atoms with Crippen LogP contribution in [0.3, 0.4) is 0 Å². The van der Waals surface area contributed by atoms with E-state index in [1.165, 1.54) is 5.56 Å². The summed E-state index contributed by atoms with van der Waals surface area (Å²) in [5.74, 6) is 0.974. The van der Waals surface area contributed by atoms with Crippen LogP contribution in [0.5, 0.6) is 0 Å². The van der Waals surface area contributed by atoms with Crippen molar-refractivity contribution in [3.8, 4) is 0 Å². The predicted molar refractivity (Wildman–Crippen MR) is 69.8 cm³/mol. The van der Waals surface area contributed by atoms with Crippen molar-refractivity contribution in [1.29, 1.82) is 0 Å². The summed E-state index contributed by atoms with van der Waals surface area (Å²) in [6, 6.07) is 4.12. The Balaban J connectivity index is 2.01. The summed E-state index contributed by atoms with van der Waals surface area (Å²) in [6.45, 7) is 7.16. The van der Waals surface area contributed by atoms with Crippen molar-refractivity contribution in [2.24, 2.45) is 0 Å². The molecule has 0 aliphatic carbocycles. The molecule has 3 rings (SSSR count). The molecule has 0 saturated carbocycles. The zero-order valence-electron chi connectivity index (χ0n) is 11.0. The Morgan fingerprint density at radius 3 is 3.06 bits per heavy atom. The van der Waals surface area contributed by atoms with Gasteiger partial charge in [0.15, 0.2) is 5.65 Å². The van der Waals surface area contributed by atoms with E-state index in [1.807, 2.05) is 10.6 Å². The molecule has 2 aromatic heterocycles. The van der Waals surface area contributed by atoms with Gasteiger partial charge in [-0.1, -0.05) is 0 Å². The SMILES string of the molecule is Cc1cc(NC2(C)CCOC2C)n2ncnc2c1. The van der Waals surface area contributed by atoms with E-state index in [0.29, 0.717) is 0 Å². The van der Waals surface area contributed by atoms with Crippen molar-refractivity contribution in [1.82, 2.24) is 14.6 Å². The molecular weight excluding hydrogens is 228 g/mol. The van der Waals surface area contributed by atoms with E-state index in [1.54, 1.807) is 6.33 Å². The van der Waals surface area contributed by atoms with Gasteiger partial charge >= 0.3 is 0 Å². The standard InChI is InChI=1S/C13H18N4O/c1-9-6-11-14-8-15-17(11)12(7-9)16-13(3)4-5-18-10(13)2/h6-8,10,16H,4-5H2,1-3H3. The number of nitrogens with one attached hydrogen (secondary N) is 1. The first kappa shape index (κ1) is 11.5. The number of aromatic nitrogens is 3. The monoisotopic (exact) mass is 246 g/mol. The Morgan fingerprint density at radius 2 is 2.33 bits per heavy atom. The summed E-state index contributed by atoms with van der Waals surface area (Å²) >= 11 is 0. The minimum atomic E-state index is -0.0489. The second-order valence-electron chi connectivity index (χ2n) is 5.25. The van der Waals surface area contributed by atoms with Gasteiger partial charge in [0.2, 0.25) is 0 Å². The molecule has 5 heteroatoms. The maximum absolute atomic E-state index is 5.66. The van der Waals surface area contributed by atoms with Gasteiger partial charge in [0, 0.05) is 6.61 Å². The molecule has 0 radical (unpaired) electrons. The Hall–Kier alpha value is -1.62. The number of pyridine rings is 1. The lowest BCUT2D eigenvalue weighted by atomic mass is 9.94. The first-order valence-electron chi connectivity index (χ1n) is 6.29. The lowest BCUT2D eigenvalue weighted by Crippen LogP contribution is -2.41. The zero-order chi connectivity index (χ0) is 12.8. The first-order chi connectivity index (χ1) is 8.58. The highest BCUT2D eigenvalue weighted by molar-refractivity contribution is 5.52. The Labute approximate surface area is 106 Å². The van der Waals surface area contributed by atoms with Gasteiger partial charge in [0.1, 0.15) is 12.1 Å². The van der Waals surface area contributed by atoms with Gasteiger partial charge in [-0.25, -0.2) is 4.98 Å². The lowest BCUT2D eigenvalue weighted by molar-refractivity contribution is 0.105. The normalized spacial score (nSPS) is 27.8. The van der Waals surface area contributed by atoms with Crippen molar-refractivity contribution >= 4 is 11.5 Å². The molecule has 2 atom stereocenters. The third kappa shape index (κ3) is 1.75. The van der Waals surface area contributed by atoms with E-state index in [2.05, 4.69) is 42.2 Å². The van der Waals surface area contributed by atoms with Crippen molar-refractivity contribution in [3.63, 3.8) is 0 Å². The fourth-order valence-corrected chi connectivity index (χ4v) is 2.44. The fraction of sp³-hybridized carbons (Fsp3) is 0.538. The van der Waals surface area contributed by atoms with Crippen LogP contribution in [-0.4, -0.2) is 32.8 Å². The maximum atomic E-state index is 5.66. The molecule has 0 aromatic carbocycles. The van der Waals surface area contributed by atoms with Crippen molar-refractivity contribution in [2.45, 2.75) is 38.8 Å². The molecule has 5 nitrogen and oxygen atoms in total. The van der Waals surface area contributed by atoms with Gasteiger partial charge in [-0.2, -0.15) is 9.61 Å². The van der Waals surface area contributed by atoms with Crippen LogP contribution in [0.15, 0.2) is 18.5 Å². The van der Waals surface area contributed by atoms with E-state index in [4.69, 9.17) is 4.74 Å². The van der Waals surface area contributed by atoms with E-state index in [0.717, 1.165) is 24.5 Å². The predicted octanol–water partition coefficient (Wildman–Crippen LogP) is 2.02. The number of aryl methyl sites for hydroxylation is 1. The summed E-state index contributed by atoms with van der Waals surface area (Å²) in [6.07, 6.45) is 2.77. The van der Waals surface area contributed by atoms with Crippen LogP contribution in [0.1, 0.15) is 25.8 Å². The molecule has 96 valence electrons. The summed E-state index contributed by atoms with van der Waals surface area (Å²) in [4.78, 5) is 4.24. The molecule has 3 heterocycles. The second-order valence-corrected chi connectivity index (χ2v) is 5.25. The van der Waals surface area contributed by atoms with Crippen LogP contribution in [0.2, 0.25) is 0 Å². The fourth-order valence-electron chi connectivity index (χ4n) is 2.44. The first-order valence-corrected chi connectivity index (χ1v) is 6.29. The van der Waals surface area contributed by atoms with Crippen LogP contribution < -0.4 is 5.32 Å². The van der Waals surface area contributed by atoms with Crippen molar-refractivity contribution in [2.75, 3.05) is 11.9 Å². The topological polar surface area (TPSA) is 51.5 Å². The molecule has 2 unspecified atom stereocenters. The van der Waals surface area contributed by atoms with Gasteiger partial charge in [-0.05, 0) is 44.9 Å². The Kier molecular flexibility index (Phi) is 2.52. The molecule has 0 bridgehead atoms. The van der Waals surface area contributed by atoms with Gasteiger partial charge in [-0.3, -0.25) is 0 Å². The Bertz CT molecular complexity index is 579. The van der Waals surface area contributed by atoms with Crippen LogP contribution in [-0.2, 0) is 4.74 Å². The molecule has 0 spiro atoms. The highest BCUT2D eigenvalue weighted by Gasteiger charge is 2.37. The largest absolute Gasteiger partial charge is 0.376 e. The van der Waals surface area contributed by atoms with E-state index in [-0.39, 0.29) is 11.6 Å². The van der Waals surface area contributed by atoms with E-state index >= 15 is 0 Å². The average Bonchev–Trinajstić information content (AvgIpc) is 2.87. The highest BCUT2D eigenvalue weighted by atomic mass is 16.5. The minimum absolute atomic E-state index is 0.0489. The third-order valence-electron chi connectivity index (χ3n) is 3.82. The molecule has 0 amide bonds. The molecule has 1 saturated heterocycles. The van der Waals surface area contributed by atoms with Gasteiger partial charge in [0.05, 0.1) is 11.6 Å². The van der Waals surface area contributed by atoms with Crippen LogP contribution in [0.4, 0.5) is 5.82 Å². The Morgan fingerprint density at radius 1 is 1.50 bits per heavy atom. The van der Waals surface area contributed by atoms with Crippen molar-refractivity contribution < 1.29 is 4.74 Å². The second kappa shape index (κ2) is 3.95. The van der Waals surface area contributed by atoms with E-state index < -0.39 is 0 Å². The van der Waals surface area contributed by atoms with Gasteiger partial charge in [-0.15, -0.1) is 0 Å². The number of rotatable bonds is 2. The smallest absolute Gasteiger partial charge is 0.157 e. The van der Waals surface area contributed by atoms with Gasteiger partial charge in [0.25, 0.3) is 0 Å². The third-order valence-corrected chi connectivity index (χ3v) is 3.82. The average molecular weight is 246 g/mol. The highest BCUT2D eigenvalue weighted by Crippen LogP contribution is 2.29. The lowest BCUT2D eigenvalue weighted by Gasteiger charge is -2.30. The van der Waals surface area contributed by atoms with Crippen molar-refractivity contribution in [3.05, 3.63) is 24.0 Å². The number of hydrogen-bond donors (Lipinski definition) is 1. The molecular formula is C13H18N4O. The van der Waals surface area contributed by atoms with Crippen LogP contribution in [0, 0.1) is 6.92 Å². The maximum Gasteiger partial charge on any atom is 0.157 e. The van der Waals surface area contributed by atoms with Crippen LogP contribution >= 0.6 is 0 Å². The summed E-state index contributed by atoms with van der Waals surface area (Å²) in [5, 5.41) is 7.83. The summed E-state index contributed by atoms with van der Waals surface area (Å²) in [7, 11) is 0. The number of ether oxygens (including phenoxy) is 1. The molecule has 18 heavy (non-hydrogen) atoms. The quantitative estimate of drug-likeness (QED) is 0.880. The van der Waals surface area contributed by atoms with Gasteiger partial charge < -0.3 is 10.1 Å². The molecule has 1 fully saturated rings. The molecule has 2 aromatic rings. The number of hydrogen-bond acceptors (Lipinski definition) is 4. The van der Waals surface area contributed by atoms with E-state index in [9.17, 15) is 0 Å². The summed E-state index contributed by atoms with van der Waals surface area (Å²) < 4.78 is 7.49. The molecule has 1 aliphatic heterocycles.